The number of ether oxygens (including phenoxy) is 1. The largest absolute Gasteiger partial charge is 0.463 e. The number of hydrogen-bond donors (Lipinski definition) is 0. The average molecular weight is 268 g/mol. The summed E-state index contributed by atoms with van der Waals surface area (Å²) in [6.45, 7) is 7.88. The molecule has 0 heterocycles. The lowest BCUT2D eigenvalue weighted by atomic mass is 9.86. The van der Waals surface area contributed by atoms with E-state index >= 15 is 0 Å². The van der Waals surface area contributed by atoms with Crippen LogP contribution in [0.4, 0.5) is 8.78 Å². The first-order valence-electron chi connectivity index (χ1n) is 6.07. The first kappa shape index (κ1) is 15.3. The second-order valence-electron chi connectivity index (χ2n) is 4.55. The van der Waals surface area contributed by atoms with Gasteiger partial charge in [0.05, 0.1) is 12.5 Å². The third-order valence-corrected chi connectivity index (χ3v) is 2.80. The summed E-state index contributed by atoms with van der Waals surface area (Å²) >= 11 is 0. The Morgan fingerprint density at radius 1 is 1.37 bits per heavy atom. The summed E-state index contributed by atoms with van der Waals surface area (Å²) < 4.78 is 32.3. The Hall–Kier alpha value is -1.71. The van der Waals surface area contributed by atoms with Crippen molar-refractivity contribution in [3.63, 3.8) is 0 Å². The van der Waals surface area contributed by atoms with Crippen LogP contribution in [0.5, 0.6) is 0 Å². The van der Waals surface area contributed by atoms with Crippen molar-refractivity contribution in [2.24, 2.45) is 0 Å². The molecule has 1 aromatic carbocycles. The molecule has 0 unspecified atom stereocenters. The van der Waals surface area contributed by atoms with E-state index in [4.69, 9.17) is 4.74 Å². The van der Waals surface area contributed by atoms with Crippen molar-refractivity contribution >= 4 is 5.97 Å². The Morgan fingerprint density at radius 2 is 1.89 bits per heavy atom. The summed E-state index contributed by atoms with van der Waals surface area (Å²) in [4.78, 5) is 11.6. The molecular weight excluding hydrogens is 250 g/mol. The van der Waals surface area contributed by atoms with Gasteiger partial charge >= 0.3 is 5.97 Å². The molecule has 4 heteroatoms. The lowest BCUT2D eigenvalue weighted by Gasteiger charge is -2.25. The fourth-order valence-corrected chi connectivity index (χ4v) is 1.90. The highest BCUT2D eigenvalue weighted by atomic mass is 19.3. The fourth-order valence-electron chi connectivity index (χ4n) is 1.90. The van der Waals surface area contributed by atoms with E-state index in [2.05, 4.69) is 6.58 Å². The maximum atomic E-state index is 13.8. The van der Waals surface area contributed by atoms with Crippen molar-refractivity contribution in [3.8, 4) is 0 Å². The van der Waals surface area contributed by atoms with Gasteiger partial charge in [0.1, 0.15) is 0 Å². The minimum atomic E-state index is -3.08. The number of carbonyl (C=O) groups is 1. The van der Waals surface area contributed by atoms with Crippen molar-refractivity contribution < 1.29 is 18.3 Å². The van der Waals surface area contributed by atoms with Crippen LogP contribution in [-0.4, -0.2) is 18.5 Å². The highest BCUT2D eigenvalue weighted by Gasteiger charge is 2.40. The number of benzene rings is 1. The Morgan fingerprint density at radius 3 is 2.32 bits per heavy atom. The van der Waals surface area contributed by atoms with Crippen LogP contribution in [0.2, 0.25) is 0 Å². The number of esters is 1. The minimum absolute atomic E-state index is 0.133. The van der Waals surface area contributed by atoms with Crippen molar-refractivity contribution in [1.29, 1.82) is 0 Å². The first-order chi connectivity index (χ1) is 8.77. The van der Waals surface area contributed by atoms with Gasteiger partial charge in [0, 0.05) is 12.5 Å². The van der Waals surface area contributed by atoms with Gasteiger partial charge in [0.25, 0.3) is 5.92 Å². The first-order valence-corrected chi connectivity index (χ1v) is 6.07. The van der Waals surface area contributed by atoms with Gasteiger partial charge in [-0.3, -0.25) is 0 Å². The standard InChI is InChI=1S/C15H18F2O2/c1-5-19-14(18)11(3)13(15(4,16)17)12-8-6-10(2)7-9-12/h6-9,13H,3,5H2,1-2,4H3/t13-/m0/s1. The number of carbonyl (C=O) groups excluding carboxylic acids is 1. The molecule has 19 heavy (non-hydrogen) atoms. The molecule has 1 rings (SSSR count). The smallest absolute Gasteiger partial charge is 0.334 e. The second-order valence-corrected chi connectivity index (χ2v) is 4.55. The quantitative estimate of drug-likeness (QED) is 0.599. The predicted molar refractivity (Wildman–Crippen MR) is 70.3 cm³/mol. The maximum absolute atomic E-state index is 13.8. The fraction of sp³-hybridized carbons (Fsp3) is 0.400. The van der Waals surface area contributed by atoms with Crippen LogP contribution in [0, 0.1) is 6.92 Å². The van der Waals surface area contributed by atoms with E-state index in [0.717, 1.165) is 12.5 Å². The zero-order chi connectivity index (χ0) is 14.6. The van der Waals surface area contributed by atoms with Gasteiger partial charge in [0.15, 0.2) is 0 Å². The van der Waals surface area contributed by atoms with Crippen molar-refractivity contribution in [2.45, 2.75) is 32.6 Å². The molecule has 0 amide bonds. The number of rotatable bonds is 5. The van der Waals surface area contributed by atoms with E-state index in [1.54, 1.807) is 31.2 Å². The monoisotopic (exact) mass is 268 g/mol. The summed E-state index contributed by atoms with van der Waals surface area (Å²) in [5, 5.41) is 0. The van der Waals surface area contributed by atoms with Gasteiger partial charge in [-0.15, -0.1) is 0 Å². The number of alkyl halides is 2. The molecule has 0 aromatic heterocycles. The molecule has 0 spiro atoms. The third-order valence-electron chi connectivity index (χ3n) is 2.80. The molecule has 2 nitrogen and oxygen atoms in total. The van der Waals surface area contributed by atoms with Gasteiger partial charge in [-0.25, -0.2) is 13.6 Å². The molecule has 0 aliphatic carbocycles. The Bertz CT molecular complexity index is 458. The molecule has 0 aliphatic rings. The van der Waals surface area contributed by atoms with Crippen LogP contribution in [0.3, 0.4) is 0 Å². The van der Waals surface area contributed by atoms with E-state index in [1.165, 1.54) is 0 Å². The summed E-state index contributed by atoms with van der Waals surface area (Å²) in [7, 11) is 0. The molecule has 0 N–H and O–H groups in total. The van der Waals surface area contributed by atoms with Crippen LogP contribution in [-0.2, 0) is 9.53 Å². The van der Waals surface area contributed by atoms with E-state index < -0.39 is 17.8 Å². The lowest BCUT2D eigenvalue weighted by molar-refractivity contribution is -0.140. The molecule has 1 atom stereocenters. The van der Waals surface area contributed by atoms with Crippen molar-refractivity contribution in [1.82, 2.24) is 0 Å². The number of hydrogen-bond acceptors (Lipinski definition) is 2. The lowest BCUT2D eigenvalue weighted by Crippen LogP contribution is -2.28. The molecule has 0 fully saturated rings. The topological polar surface area (TPSA) is 26.3 Å². The highest BCUT2D eigenvalue weighted by molar-refractivity contribution is 5.89. The van der Waals surface area contributed by atoms with Gasteiger partial charge in [0.2, 0.25) is 0 Å². The summed E-state index contributed by atoms with van der Waals surface area (Å²) in [5.41, 5.74) is 1.10. The van der Waals surface area contributed by atoms with Gasteiger partial charge in [-0.05, 0) is 19.4 Å². The second kappa shape index (κ2) is 5.95. The van der Waals surface area contributed by atoms with E-state index in [1.807, 2.05) is 6.92 Å². The molecule has 0 radical (unpaired) electrons. The third kappa shape index (κ3) is 3.88. The van der Waals surface area contributed by atoms with Crippen molar-refractivity contribution in [3.05, 3.63) is 47.5 Å². The molecular formula is C15H18F2O2. The molecule has 1 aromatic rings. The van der Waals surface area contributed by atoms with Gasteiger partial charge in [-0.2, -0.15) is 0 Å². The molecule has 104 valence electrons. The average Bonchev–Trinajstić information content (AvgIpc) is 2.30. The number of halogens is 2. The molecule has 0 saturated heterocycles. The Labute approximate surface area is 112 Å². The molecule has 0 aliphatic heterocycles. The van der Waals surface area contributed by atoms with E-state index in [9.17, 15) is 13.6 Å². The van der Waals surface area contributed by atoms with Crippen LogP contribution >= 0.6 is 0 Å². The predicted octanol–water partition coefficient (Wildman–Crippen LogP) is 3.85. The van der Waals surface area contributed by atoms with Gasteiger partial charge < -0.3 is 4.74 Å². The SMILES string of the molecule is C=C(C(=O)OCC)[C@@H](c1ccc(C)cc1)C(C)(F)F. The maximum Gasteiger partial charge on any atom is 0.334 e. The number of aryl methyl sites for hydroxylation is 1. The highest BCUT2D eigenvalue weighted by Crippen LogP contribution is 2.38. The van der Waals surface area contributed by atoms with E-state index in [-0.39, 0.29) is 12.2 Å². The van der Waals surface area contributed by atoms with Crippen molar-refractivity contribution in [2.75, 3.05) is 6.61 Å². The summed E-state index contributed by atoms with van der Waals surface area (Å²) in [5.74, 6) is -5.24. The minimum Gasteiger partial charge on any atom is -0.463 e. The zero-order valence-electron chi connectivity index (χ0n) is 11.4. The summed E-state index contributed by atoms with van der Waals surface area (Å²) in [6.07, 6.45) is 0. The normalized spacial score (nSPS) is 12.9. The van der Waals surface area contributed by atoms with E-state index in [0.29, 0.717) is 5.56 Å². The molecule has 0 bridgehead atoms. The Kier molecular flexibility index (Phi) is 4.81. The van der Waals surface area contributed by atoms with Crippen LogP contribution in [0.15, 0.2) is 36.4 Å². The van der Waals surface area contributed by atoms with Crippen LogP contribution in [0.25, 0.3) is 0 Å². The van der Waals surface area contributed by atoms with Crippen LogP contribution in [0.1, 0.15) is 30.9 Å². The Balaban J connectivity index is 3.13. The molecule has 0 saturated carbocycles. The zero-order valence-corrected chi connectivity index (χ0v) is 11.4. The van der Waals surface area contributed by atoms with Gasteiger partial charge in [-0.1, -0.05) is 36.4 Å². The summed E-state index contributed by atoms with van der Waals surface area (Å²) in [6, 6.07) is 6.63. The van der Waals surface area contributed by atoms with Crippen LogP contribution < -0.4 is 0 Å².